The SMILES string of the molecule is CC=C=CCNC(=O)Cc1ccc(C2CCC2/C(C)=N/OC(C)(C)C(O)O)cc1. The standard InChI is InChI=1S/C23H32N2O4/c1-5-6-7-14-24-21(26)15-17-8-10-18(11-9-17)20-13-12-19(20)16(2)25-29-23(3,4)22(27)28/h5,7-11,19-20,22,27-28H,12-15H2,1-4H3,(H,24,26)/b25-16+. The molecule has 0 spiro atoms. The second-order valence-corrected chi connectivity index (χ2v) is 7.97. The number of hydrogen-bond donors (Lipinski definition) is 3. The number of oxime groups is 1. The fourth-order valence-corrected chi connectivity index (χ4v) is 3.18. The first kappa shape index (κ1) is 22.9. The number of benzene rings is 1. The largest absolute Gasteiger partial charge is 0.384 e. The Kier molecular flexibility index (Phi) is 8.21. The number of carbonyl (C=O) groups excluding carboxylic acids is 1. The van der Waals surface area contributed by atoms with Crippen LogP contribution in [-0.2, 0) is 16.1 Å². The molecule has 6 heteroatoms. The molecule has 6 nitrogen and oxygen atoms in total. The van der Waals surface area contributed by atoms with Gasteiger partial charge in [0.25, 0.3) is 0 Å². The molecule has 29 heavy (non-hydrogen) atoms. The molecule has 3 N–H and O–H groups in total. The fourth-order valence-electron chi connectivity index (χ4n) is 3.18. The second kappa shape index (κ2) is 10.4. The van der Waals surface area contributed by atoms with Crippen LogP contribution in [0.1, 0.15) is 57.6 Å². The van der Waals surface area contributed by atoms with Crippen LogP contribution in [0.4, 0.5) is 0 Å². The van der Waals surface area contributed by atoms with Crippen LogP contribution in [0.3, 0.4) is 0 Å². The number of aliphatic hydroxyl groups is 2. The zero-order valence-electron chi connectivity index (χ0n) is 17.7. The van der Waals surface area contributed by atoms with Crippen molar-refractivity contribution in [3.05, 3.63) is 53.3 Å². The van der Waals surface area contributed by atoms with E-state index in [-0.39, 0.29) is 11.8 Å². The first-order valence-corrected chi connectivity index (χ1v) is 10.0. The van der Waals surface area contributed by atoms with E-state index in [1.54, 1.807) is 26.0 Å². The number of amides is 1. The summed E-state index contributed by atoms with van der Waals surface area (Å²) in [7, 11) is 0. The maximum atomic E-state index is 12.0. The van der Waals surface area contributed by atoms with Crippen LogP contribution in [0.25, 0.3) is 0 Å². The van der Waals surface area contributed by atoms with Crippen LogP contribution in [0.15, 0.2) is 47.3 Å². The van der Waals surface area contributed by atoms with E-state index in [1.807, 2.05) is 26.0 Å². The topological polar surface area (TPSA) is 91.2 Å². The molecule has 1 saturated carbocycles. The number of carbonyl (C=O) groups is 1. The van der Waals surface area contributed by atoms with Gasteiger partial charge in [0.1, 0.15) is 0 Å². The van der Waals surface area contributed by atoms with E-state index in [0.29, 0.717) is 18.9 Å². The van der Waals surface area contributed by atoms with Gasteiger partial charge in [-0.2, -0.15) is 0 Å². The zero-order chi connectivity index (χ0) is 21.4. The third-order valence-corrected chi connectivity index (χ3v) is 5.32. The van der Waals surface area contributed by atoms with Crippen LogP contribution < -0.4 is 5.32 Å². The summed E-state index contributed by atoms with van der Waals surface area (Å²) in [5.74, 6) is 0.620. The second-order valence-electron chi connectivity index (χ2n) is 7.97. The Morgan fingerprint density at radius 3 is 2.59 bits per heavy atom. The van der Waals surface area contributed by atoms with E-state index < -0.39 is 11.9 Å². The van der Waals surface area contributed by atoms with Gasteiger partial charge in [0.2, 0.25) is 5.91 Å². The van der Waals surface area contributed by atoms with Crippen molar-refractivity contribution in [2.45, 2.75) is 64.8 Å². The van der Waals surface area contributed by atoms with Gasteiger partial charge in [-0.15, -0.1) is 5.73 Å². The lowest BCUT2D eigenvalue weighted by molar-refractivity contribution is -0.192. The van der Waals surface area contributed by atoms with Gasteiger partial charge in [-0.1, -0.05) is 29.4 Å². The third kappa shape index (κ3) is 6.57. The predicted octanol–water partition coefficient (Wildman–Crippen LogP) is 3.05. The molecule has 0 aromatic heterocycles. The van der Waals surface area contributed by atoms with E-state index in [4.69, 9.17) is 4.84 Å². The van der Waals surface area contributed by atoms with Crippen LogP contribution in [0.2, 0.25) is 0 Å². The summed E-state index contributed by atoms with van der Waals surface area (Å²) in [6.07, 6.45) is 4.43. The number of nitrogens with zero attached hydrogens (tertiary/aromatic N) is 1. The van der Waals surface area contributed by atoms with Gasteiger partial charge in [0.15, 0.2) is 11.9 Å². The number of rotatable bonds is 9. The molecule has 2 unspecified atom stereocenters. The minimum absolute atomic E-state index is 0.0118. The van der Waals surface area contributed by atoms with Gasteiger partial charge in [-0.05, 0) is 69.7 Å². The van der Waals surface area contributed by atoms with Gasteiger partial charge >= 0.3 is 0 Å². The van der Waals surface area contributed by atoms with Crippen molar-refractivity contribution in [2.24, 2.45) is 11.1 Å². The summed E-state index contributed by atoms with van der Waals surface area (Å²) >= 11 is 0. The highest BCUT2D eigenvalue weighted by molar-refractivity contribution is 5.85. The van der Waals surface area contributed by atoms with E-state index in [2.05, 4.69) is 28.3 Å². The summed E-state index contributed by atoms with van der Waals surface area (Å²) in [6, 6.07) is 8.16. The fraction of sp³-hybridized carbons (Fsp3) is 0.522. The Morgan fingerprint density at radius 2 is 2.03 bits per heavy atom. The quantitative estimate of drug-likeness (QED) is 0.257. The van der Waals surface area contributed by atoms with Gasteiger partial charge in [-0.25, -0.2) is 0 Å². The lowest BCUT2D eigenvalue weighted by Gasteiger charge is -2.37. The lowest BCUT2D eigenvalue weighted by Crippen LogP contribution is -2.38. The molecule has 158 valence electrons. The maximum absolute atomic E-state index is 12.0. The molecule has 2 atom stereocenters. The van der Waals surface area contributed by atoms with E-state index in [0.717, 1.165) is 24.1 Å². The predicted molar refractivity (Wildman–Crippen MR) is 113 cm³/mol. The van der Waals surface area contributed by atoms with Crippen molar-refractivity contribution >= 4 is 11.6 Å². The molecule has 1 aliphatic carbocycles. The summed E-state index contributed by atoms with van der Waals surface area (Å²) in [6.45, 7) is 7.44. The summed E-state index contributed by atoms with van der Waals surface area (Å²) in [5, 5.41) is 25.6. The molecule has 0 heterocycles. The third-order valence-electron chi connectivity index (χ3n) is 5.32. The first-order chi connectivity index (χ1) is 13.7. The minimum atomic E-state index is -1.60. The molecule has 0 bridgehead atoms. The molecule has 0 saturated heterocycles. The average Bonchev–Trinajstić information content (AvgIpc) is 2.64. The molecule has 1 amide bonds. The zero-order valence-corrected chi connectivity index (χ0v) is 17.7. The lowest BCUT2D eigenvalue weighted by atomic mass is 9.68. The smallest absolute Gasteiger partial charge is 0.224 e. The molecule has 1 aliphatic rings. The van der Waals surface area contributed by atoms with E-state index >= 15 is 0 Å². The summed E-state index contributed by atoms with van der Waals surface area (Å²) in [4.78, 5) is 17.3. The van der Waals surface area contributed by atoms with Gasteiger partial charge < -0.3 is 20.4 Å². The maximum Gasteiger partial charge on any atom is 0.224 e. The molecule has 1 fully saturated rings. The van der Waals surface area contributed by atoms with E-state index in [1.165, 1.54) is 5.56 Å². The Morgan fingerprint density at radius 1 is 1.34 bits per heavy atom. The van der Waals surface area contributed by atoms with Crippen molar-refractivity contribution in [3.63, 3.8) is 0 Å². The Labute approximate surface area is 173 Å². The number of hydrogen-bond acceptors (Lipinski definition) is 5. The molecular weight excluding hydrogens is 368 g/mol. The molecule has 0 radical (unpaired) electrons. The highest BCUT2D eigenvalue weighted by atomic mass is 16.7. The van der Waals surface area contributed by atoms with Gasteiger partial charge in [-0.3, -0.25) is 4.79 Å². The number of aliphatic hydroxyl groups excluding tert-OH is 1. The Hall–Kier alpha value is -2.40. The average molecular weight is 401 g/mol. The van der Waals surface area contributed by atoms with Crippen molar-refractivity contribution in [3.8, 4) is 0 Å². The van der Waals surface area contributed by atoms with Crippen molar-refractivity contribution < 1.29 is 19.8 Å². The highest BCUT2D eigenvalue weighted by Crippen LogP contribution is 2.43. The van der Waals surface area contributed by atoms with Crippen molar-refractivity contribution in [1.29, 1.82) is 0 Å². The normalized spacial score (nSPS) is 19.2. The van der Waals surface area contributed by atoms with Crippen molar-refractivity contribution in [1.82, 2.24) is 5.32 Å². The van der Waals surface area contributed by atoms with Gasteiger partial charge in [0, 0.05) is 12.5 Å². The first-order valence-electron chi connectivity index (χ1n) is 10.0. The molecule has 0 aliphatic heterocycles. The Bertz CT molecular complexity index is 775. The minimum Gasteiger partial charge on any atom is -0.384 e. The molecule has 1 aromatic rings. The summed E-state index contributed by atoms with van der Waals surface area (Å²) < 4.78 is 0. The van der Waals surface area contributed by atoms with Gasteiger partial charge in [0.05, 0.1) is 12.1 Å². The highest BCUT2D eigenvalue weighted by Gasteiger charge is 2.35. The van der Waals surface area contributed by atoms with Crippen LogP contribution in [-0.4, -0.2) is 40.3 Å². The summed E-state index contributed by atoms with van der Waals surface area (Å²) in [5.41, 5.74) is 4.83. The van der Waals surface area contributed by atoms with Crippen LogP contribution in [0, 0.1) is 5.92 Å². The Balaban J connectivity index is 1.92. The van der Waals surface area contributed by atoms with Crippen molar-refractivity contribution in [2.75, 3.05) is 6.54 Å². The molecule has 1 aromatic carbocycles. The monoisotopic (exact) mass is 400 g/mol. The van der Waals surface area contributed by atoms with Crippen LogP contribution >= 0.6 is 0 Å². The van der Waals surface area contributed by atoms with Crippen LogP contribution in [0.5, 0.6) is 0 Å². The van der Waals surface area contributed by atoms with E-state index in [9.17, 15) is 15.0 Å². The molecule has 2 rings (SSSR count). The number of nitrogens with one attached hydrogen (secondary N) is 1. The molecular formula is C23H32N2O4.